The van der Waals surface area contributed by atoms with Crippen molar-refractivity contribution in [1.82, 2.24) is 0 Å². The predicted octanol–water partition coefficient (Wildman–Crippen LogP) is 5.11. The Kier molecular flexibility index (Phi) is 5.08. The number of rotatable bonds is 5. The van der Waals surface area contributed by atoms with Crippen LogP contribution in [0.3, 0.4) is 0 Å². The van der Waals surface area contributed by atoms with E-state index in [2.05, 4.69) is 20.8 Å². The molecule has 4 fully saturated rings. The first-order chi connectivity index (χ1) is 15.3. The highest BCUT2D eigenvalue weighted by Gasteiger charge is 2.64. The van der Waals surface area contributed by atoms with Crippen molar-refractivity contribution >= 4 is 5.97 Å². The molecule has 0 amide bonds. The molecule has 4 aliphatic rings. The van der Waals surface area contributed by atoms with Crippen molar-refractivity contribution in [3.63, 3.8) is 0 Å². The van der Waals surface area contributed by atoms with E-state index in [0.717, 1.165) is 38.5 Å². The second-order valence-corrected chi connectivity index (χ2v) is 11.8. The van der Waals surface area contributed by atoms with Crippen molar-refractivity contribution in [2.24, 2.45) is 52.3 Å². The minimum atomic E-state index is -2.09. The Hall–Kier alpha value is -0.610. The Morgan fingerprint density at radius 1 is 1.07 bits per heavy atom. The van der Waals surface area contributed by atoms with E-state index in [1.54, 1.807) is 0 Å². The van der Waals surface area contributed by atoms with Crippen molar-refractivity contribution in [2.45, 2.75) is 104 Å². The highest BCUT2D eigenvalue weighted by molar-refractivity contribution is 5.66. The van der Waals surface area contributed by atoms with Crippen LogP contribution in [0.5, 0.6) is 0 Å². The standard InChI is InChI=1S/C26H44O4/c1-5-17-21-14-16(27)10-12-26(21,4)20-11-13-25(3)18(15(2)6-9-22(28)29)7-8-19(25)23(20)24(17)30/h15-21,23-24,27,30H,5-14H2,1-4H3,(H,28,29)/t15-,16-,17-,18?,19?,20?,21+,23?,24?,25-,26-/m1/s1/i1D3. The third-order valence-corrected chi connectivity index (χ3v) is 10.7. The van der Waals surface area contributed by atoms with Gasteiger partial charge in [-0.1, -0.05) is 34.0 Å². The van der Waals surface area contributed by atoms with E-state index in [0.29, 0.717) is 36.5 Å². The first-order valence-electron chi connectivity index (χ1n) is 13.9. The second kappa shape index (κ2) is 8.06. The third kappa shape index (κ3) is 3.36. The zero-order valence-corrected chi connectivity index (χ0v) is 19.0. The van der Waals surface area contributed by atoms with Gasteiger partial charge in [0.25, 0.3) is 0 Å². The van der Waals surface area contributed by atoms with E-state index < -0.39 is 25.0 Å². The maximum atomic E-state index is 11.8. The Morgan fingerprint density at radius 2 is 1.77 bits per heavy atom. The van der Waals surface area contributed by atoms with Crippen LogP contribution in [-0.4, -0.2) is 33.5 Å². The van der Waals surface area contributed by atoms with Crippen LogP contribution in [0.4, 0.5) is 0 Å². The quantitative estimate of drug-likeness (QED) is 0.574. The van der Waals surface area contributed by atoms with Crippen molar-refractivity contribution in [3.8, 4) is 0 Å². The molecule has 0 saturated heterocycles. The van der Waals surface area contributed by atoms with Crippen molar-refractivity contribution in [2.75, 3.05) is 0 Å². The summed E-state index contributed by atoms with van der Waals surface area (Å²) in [4.78, 5) is 11.2. The Bertz CT molecular complexity index is 742. The second-order valence-electron chi connectivity index (χ2n) is 11.8. The number of carboxylic acids is 1. The van der Waals surface area contributed by atoms with Gasteiger partial charge >= 0.3 is 5.97 Å². The van der Waals surface area contributed by atoms with E-state index in [1.807, 2.05) is 0 Å². The molecule has 4 nitrogen and oxygen atoms in total. The normalized spacial score (nSPS) is 53.4. The number of aliphatic hydroxyl groups is 2. The zero-order valence-electron chi connectivity index (χ0n) is 22.0. The number of hydrogen-bond acceptors (Lipinski definition) is 3. The highest BCUT2D eigenvalue weighted by Crippen LogP contribution is 2.69. The smallest absolute Gasteiger partial charge is 0.303 e. The van der Waals surface area contributed by atoms with Crippen LogP contribution < -0.4 is 0 Å². The Labute approximate surface area is 187 Å². The summed E-state index contributed by atoms with van der Waals surface area (Å²) in [6.45, 7) is 4.79. The Balaban J connectivity index is 1.65. The van der Waals surface area contributed by atoms with Crippen LogP contribution in [0, 0.1) is 52.3 Å². The minimum absolute atomic E-state index is 0.0201. The summed E-state index contributed by atoms with van der Waals surface area (Å²) >= 11 is 0. The van der Waals surface area contributed by atoms with Gasteiger partial charge in [-0.05, 0) is 104 Å². The molecular weight excluding hydrogens is 376 g/mol. The number of carbonyl (C=O) groups is 1. The van der Waals surface area contributed by atoms with Gasteiger partial charge in [0.2, 0.25) is 0 Å². The van der Waals surface area contributed by atoms with E-state index in [9.17, 15) is 20.1 Å². The van der Waals surface area contributed by atoms with Crippen LogP contribution in [0.1, 0.15) is 95.9 Å². The molecular formula is C26H44O4. The summed E-state index contributed by atoms with van der Waals surface area (Å²) < 4.78 is 23.9. The van der Waals surface area contributed by atoms with Crippen molar-refractivity contribution < 1.29 is 24.2 Å². The average Bonchev–Trinajstić information content (AvgIpc) is 3.06. The van der Waals surface area contributed by atoms with Crippen LogP contribution in [0.2, 0.25) is 0 Å². The lowest BCUT2D eigenvalue weighted by Gasteiger charge is -2.64. The lowest BCUT2D eigenvalue weighted by Crippen LogP contribution is -2.62. The molecule has 0 bridgehead atoms. The number of hydrogen-bond donors (Lipinski definition) is 3. The molecule has 5 unspecified atom stereocenters. The van der Waals surface area contributed by atoms with Gasteiger partial charge in [-0.3, -0.25) is 4.79 Å². The first-order valence-corrected chi connectivity index (χ1v) is 12.4. The first kappa shape index (κ1) is 18.9. The van der Waals surface area contributed by atoms with E-state index in [-0.39, 0.29) is 41.4 Å². The monoisotopic (exact) mass is 423 g/mol. The van der Waals surface area contributed by atoms with Crippen LogP contribution in [0.15, 0.2) is 0 Å². The van der Waals surface area contributed by atoms with Gasteiger partial charge in [-0.15, -0.1) is 0 Å². The largest absolute Gasteiger partial charge is 0.481 e. The predicted molar refractivity (Wildman–Crippen MR) is 118 cm³/mol. The lowest BCUT2D eigenvalue weighted by atomic mass is 9.41. The molecule has 0 aromatic carbocycles. The maximum Gasteiger partial charge on any atom is 0.303 e. The molecule has 0 heterocycles. The summed E-state index contributed by atoms with van der Waals surface area (Å²) in [5, 5.41) is 31.5. The molecule has 3 N–H and O–H groups in total. The van der Waals surface area contributed by atoms with Gasteiger partial charge in [-0.2, -0.15) is 0 Å². The number of aliphatic carboxylic acids is 1. The zero-order chi connectivity index (χ0) is 24.3. The Morgan fingerprint density at radius 3 is 2.47 bits per heavy atom. The van der Waals surface area contributed by atoms with Gasteiger partial charge < -0.3 is 15.3 Å². The number of carboxylic acid groups (broad SMARTS) is 1. The molecule has 0 aliphatic heterocycles. The molecule has 0 aromatic rings. The molecule has 11 atom stereocenters. The molecule has 0 aromatic heterocycles. The minimum Gasteiger partial charge on any atom is -0.481 e. The number of aliphatic hydroxyl groups excluding tert-OH is 2. The van der Waals surface area contributed by atoms with Gasteiger partial charge in [0.05, 0.1) is 12.2 Å². The van der Waals surface area contributed by atoms with Gasteiger partial charge in [0, 0.05) is 10.5 Å². The molecule has 4 saturated carbocycles. The summed E-state index contributed by atoms with van der Waals surface area (Å²) in [6.07, 6.45) is 6.41. The van der Waals surface area contributed by atoms with E-state index in [4.69, 9.17) is 4.11 Å². The summed E-state index contributed by atoms with van der Waals surface area (Å²) in [6, 6.07) is 0. The summed E-state index contributed by atoms with van der Waals surface area (Å²) in [5.74, 6) is 0.618. The van der Waals surface area contributed by atoms with Crippen molar-refractivity contribution in [1.29, 1.82) is 0 Å². The molecule has 4 rings (SSSR count). The maximum absolute atomic E-state index is 11.8. The van der Waals surface area contributed by atoms with Crippen LogP contribution >= 0.6 is 0 Å². The van der Waals surface area contributed by atoms with Crippen LogP contribution in [0.25, 0.3) is 0 Å². The molecule has 0 radical (unpaired) electrons. The van der Waals surface area contributed by atoms with E-state index in [1.165, 1.54) is 0 Å². The average molecular weight is 424 g/mol. The van der Waals surface area contributed by atoms with Crippen LogP contribution in [-0.2, 0) is 4.79 Å². The fourth-order valence-corrected chi connectivity index (χ4v) is 9.22. The van der Waals surface area contributed by atoms with Crippen molar-refractivity contribution in [3.05, 3.63) is 0 Å². The fourth-order valence-electron chi connectivity index (χ4n) is 9.22. The lowest BCUT2D eigenvalue weighted by molar-refractivity contribution is -0.203. The molecule has 0 spiro atoms. The van der Waals surface area contributed by atoms with Gasteiger partial charge in [0.1, 0.15) is 0 Å². The third-order valence-electron chi connectivity index (χ3n) is 10.7. The topological polar surface area (TPSA) is 77.8 Å². The van der Waals surface area contributed by atoms with Gasteiger partial charge in [0.15, 0.2) is 0 Å². The SMILES string of the molecule is [2H]C([2H])([2H])C[C@H]1C(O)C2C3CCC([C@H](C)CCC(=O)O)[C@@]3(C)CCC2[C@@]2(C)CC[C@@H](O)C[C@@H]12. The molecule has 4 heteroatoms. The van der Waals surface area contributed by atoms with Gasteiger partial charge in [-0.25, -0.2) is 0 Å². The fraction of sp³-hybridized carbons (Fsp3) is 0.962. The summed E-state index contributed by atoms with van der Waals surface area (Å²) in [5.41, 5.74) is 0.0371. The molecule has 172 valence electrons. The molecule has 4 aliphatic carbocycles. The number of fused-ring (bicyclic) bond motifs is 5. The highest BCUT2D eigenvalue weighted by atomic mass is 16.4. The van der Waals surface area contributed by atoms with E-state index >= 15 is 0 Å². The molecule has 30 heavy (non-hydrogen) atoms. The summed E-state index contributed by atoms with van der Waals surface area (Å²) in [7, 11) is 0.